The number of rotatable bonds is 5. The van der Waals surface area contributed by atoms with Crippen molar-refractivity contribution in [3.05, 3.63) is 53.9 Å². The Kier molecular flexibility index (Phi) is 4.10. The number of hydrogen-bond donors (Lipinski definition) is 2. The Morgan fingerprint density at radius 1 is 1.28 bits per heavy atom. The summed E-state index contributed by atoms with van der Waals surface area (Å²) in [6.07, 6.45) is 3.47. The van der Waals surface area contributed by atoms with E-state index in [0.717, 1.165) is 17.8 Å². The Morgan fingerprint density at radius 2 is 2.00 bits per heavy atom. The molecule has 0 aliphatic rings. The van der Waals surface area contributed by atoms with Crippen molar-refractivity contribution in [1.29, 1.82) is 0 Å². The summed E-state index contributed by atoms with van der Waals surface area (Å²) in [5.74, 6) is 0.230. The van der Waals surface area contributed by atoms with Crippen LogP contribution in [0.1, 0.15) is 31.1 Å². The molecule has 0 aliphatic heterocycles. The van der Waals surface area contributed by atoms with Gasteiger partial charge in [-0.05, 0) is 23.6 Å². The summed E-state index contributed by atoms with van der Waals surface area (Å²) >= 11 is 0. The van der Waals surface area contributed by atoms with Crippen LogP contribution in [0.25, 0.3) is 0 Å². The fourth-order valence-electron chi connectivity index (χ4n) is 2.01. The van der Waals surface area contributed by atoms with E-state index in [0.29, 0.717) is 5.92 Å². The van der Waals surface area contributed by atoms with Crippen LogP contribution in [-0.2, 0) is 6.54 Å². The standard InChI is InChI=1S/C14H18FN3/c1-10(2)14(11-3-5-12(15)6-4-11)17-8-13-7-16-9-18-13/h3-7,9-10,14,17H,8H2,1-2H3,(H,16,18). The van der Waals surface area contributed by atoms with E-state index in [-0.39, 0.29) is 11.9 Å². The zero-order chi connectivity index (χ0) is 13.0. The van der Waals surface area contributed by atoms with Crippen LogP contribution in [0.3, 0.4) is 0 Å². The highest BCUT2D eigenvalue weighted by molar-refractivity contribution is 5.20. The number of nitrogens with one attached hydrogen (secondary N) is 2. The minimum absolute atomic E-state index is 0.199. The van der Waals surface area contributed by atoms with E-state index in [1.165, 1.54) is 12.1 Å². The van der Waals surface area contributed by atoms with Crippen LogP contribution in [0.4, 0.5) is 4.39 Å². The van der Waals surface area contributed by atoms with E-state index in [1.807, 2.05) is 12.1 Å². The fourth-order valence-corrected chi connectivity index (χ4v) is 2.01. The minimum atomic E-state index is -0.199. The van der Waals surface area contributed by atoms with Gasteiger partial charge in [-0.1, -0.05) is 26.0 Å². The predicted octanol–water partition coefficient (Wildman–Crippen LogP) is 3.04. The van der Waals surface area contributed by atoms with E-state index in [9.17, 15) is 4.39 Å². The summed E-state index contributed by atoms with van der Waals surface area (Å²) < 4.78 is 12.9. The maximum absolute atomic E-state index is 12.9. The number of imidazole rings is 1. The van der Waals surface area contributed by atoms with Gasteiger partial charge in [0.1, 0.15) is 5.82 Å². The number of hydrogen-bond acceptors (Lipinski definition) is 2. The van der Waals surface area contributed by atoms with Crippen LogP contribution >= 0.6 is 0 Å². The summed E-state index contributed by atoms with van der Waals surface area (Å²) in [7, 11) is 0. The molecular formula is C14H18FN3. The van der Waals surface area contributed by atoms with Gasteiger partial charge in [0.25, 0.3) is 0 Å². The van der Waals surface area contributed by atoms with Gasteiger partial charge in [0.15, 0.2) is 0 Å². The molecule has 3 nitrogen and oxygen atoms in total. The molecule has 96 valence electrons. The molecule has 2 N–H and O–H groups in total. The number of H-pyrrole nitrogens is 1. The summed E-state index contributed by atoms with van der Waals surface area (Å²) in [4.78, 5) is 7.04. The Morgan fingerprint density at radius 3 is 2.56 bits per heavy atom. The summed E-state index contributed by atoms with van der Waals surface area (Å²) in [6, 6.07) is 6.87. The summed E-state index contributed by atoms with van der Waals surface area (Å²) in [5, 5.41) is 3.46. The van der Waals surface area contributed by atoms with Crippen LogP contribution in [0.2, 0.25) is 0 Å². The van der Waals surface area contributed by atoms with Gasteiger partial charge in [0, 0.05) is 24.5 Å². The van der Waals surface area contributed by atoms with Crippen molar-refractivity contribution in [3.8, 4) is 0 Å². The number of aromatic nitrogens is 2. The highest BCUT2D eigenvalue weighted by Gasteiger charge is 2.15. The number of benzene rings is 1. The Labute approximate surface area is 106 Å². The van der Waals surface area contributed by atoms with E-state index < -0.39 is 0 Å². The Bertz CT molecular complexity index is 462. The molecule has 2 aromatic rings. The first-order chi connectivity index (χ1) is 8.66. The fraction of sp³-hybridized carbons (Fsp3) is 0.357. The van der Waals surface area contributed by atoms with Crippen LogP contribution < -0.4 is 5.32 Å². The van der Waals surface area contributed by atoms with Crippen molar-refractivity contribution in [3.63, 3.8) is 0 Å². The third-order valence-corrected chi connectivity index (χ3v) is 2.96. The first-order valence-corrected chi connectivity index (χ1v) is 6.13. The molecule has 2 rings (SSSR count). The van der Waals surface area contributed by atoms with E-state index in [4.69, 9.17) is 0 Å². The molecule has 1 aromatic heterocycles. The SMILES string of the molecule is CC(C)C(NCc1cnc[nH]1)c1ccc(F)cc1. The average molecular weight is 247 g/mol. The van der Waals surface area contributed by atoms with Crippen LogP contribution in [0.5, 0.6) is 0 Å². The maximum Gasteiger partial charge on any atom is 0.123 e. The third-order valence-electron chi connectivity index (χ3n) is 2.96. The van der Waals surface area contributed by atoms with Crippen molar-refractivity contribution < 1.29 is 4.39 Å². The summed E-state index contributed by atoms with van der Waals surface area (Å²) in [5.41, 5.74) is 2.15. The number of nitrogens with zero attached hydrogens (tertiary/aromatic N) is 1. The molecule has 0 radical (unpaired) electrons. The molecule has 0 amide bonds. The lowest BCUT2D eigenvalue weighted by molar-refractivity contribution is 0.408. The molecule has 18 heavy (non-hydrogen) atoms. The van der Waals surface area contributed by atoms with Gasteiger partial charge in [0.05, 0.1) is 6.33 Å². The van der Waals surface area contributed by atoms with Crippen LogP contribution in [0, 0.1) is 11.7 Å². The smallest absolute Gasteiger partial charge is 0.123 e. The van der Waals surface area contributed by atoms with Gasteiger partial charge in [-0.15, -0.1) is 0 Å². The molecular weight excluding hydrogens is 229 g/mol. The molecule has 0 saturated heterocycles. The lowest BCUT2D eigenvalue weighted by Crippen LogP contribution is -2.25. The minimum Gasteiger partial charge on any atom is -0.347 e. The second-order valence-corrected chi connectivity index (χ2v) is 4.73. The van der Waals surface area contributed by atoms with Crippen LogP contribution in [0.15, 0.2) is 36.8 Å². The van der Waals surface area contributed by atoms with E-state index >= 15 is 0 Å². The highest BCUT2D eigenvalue weighted by atomic mass is 19.1. The van der Waals surface area contributed by atoms with Crippen molar-refractivity contribution >= 4 is 0 Å². The summed E-state index contributed by atoms with van der Waals surface area (Å²) in [6.45, 7) is 5.02. The van der Waals surface area contributed by atoms with Gasteiger partial charge in [-0.3, -0.25) is 0 Å². The molecule has 1 unspecified atom stereocenters. The molecule has 4 heteroatoms. The van der Waals surface area contributed by atoms with Gasteiger partial charge in [-0.25, -0.2) is 9.37 Å². The zero-order valence-corrected chi connectivity index (χ0v) is 10.7. The number of halogens is 1. The molecule has 0 bridgehead atoms. The van der Waals surface area contributed by atoms with Gasteiger partial charge < -0.3 is 10.3 Å². The van der Waals surface area contributed by atoms with Crippen molar-refractivity contribution in [2.45, 2.75) is 26.4 Å². The largest absolute Gasteiger partial charge is 0.347 e. The monoisotopic (exact) mass is 247 g/mol. The molecule has 0 aliphatic carbocycles. The van der Waals surface area contributed by atoms with Gasteiger partial charge >= 0.3 is 0 Å². The third kappa shape index (κ3) is 3.17. The molecule has 1 aromatic carbocycles. The second kappa shape index (κ2) is 5.78. The number of aromatic amines is 1. The van der Waals surface area contributed by atoms with Gasteiger partial charge in [0.2, 0.25) is 0 Å². The quantitative estimate of drug-likeness (QED) is 0.852. The lowest BCUT2D eigenvalue weighted by atomic mass is 9.96. The van der Waals surface area contributed by atoms with E-state index in [2.05, 4.69) is 29.1 Å². The average Bonchev–Trinajstić information content (AvgIpc) is 2.84. The molecule has 0 saturated carbocycles. The first-order valence-electron chi connectivity index (χ1n) is 6.13. The maximum atomic E-state index is 12.9. The predicted molar refractivity (Wildman–Crippen MR) is 69.4 cm³/mol. The molecule has 1 heterocycles. The van der Waals surface area contributed by atoms with Crippen molar-refractivity contribution in [1.82, 2.24) is 15.3 Å². The Balaban J connectivity index is 2.06. The van der Waals surface area contributed by atoms with E-state index in [1.54, 1.807) is 12.5 Å². The van der Waals surface area contributed by atoms with Crippen LogP contribution in [-0.4, -0.2) is 9.97 Å². The Hall–Kier alpha value is -1.68. The normalized spacial score (nSPS) is 12.9. The second-order valence-electron chi connectivity index (χ2n) is 4.73. The zero-order valence-electron chi connectivity index (χ0n) is 10.7. The van der Waals surface area contributed by atoms with Crippen molar-refractivity contribution in [2.75, 3.05) is 0 Å². The lowest BCUT2D eigenvalue weighted by Gasteiger charge is -2.22. The van der Waals surface area contributed by atoms with Crippen molar-refractivity contribution in [2.24, 2.45) is 5.92 Å². The molecule has 0 spiro atoms. The molecule has 1 atom stereocenters. The topological polar surface area (TPSA) is 40.7 Å². The molecule has 0 fully saturated rings. The van der Waals surface area contributed by atoms with Gasteiger partial charge in [-0.2, -0.15) is 0 Å². The highest BCUT2D eigenvalue weighted by Crippen LogP contribution is 2.22. The first kappa shape index (κ1) is 12.8.